The van der Waals surface area contributed by atoms with E-state index in [0.29, 0.717) is 5.88 Å². The fraction of sp³-hybridized carbons (Fsp3) is 0.350. The highest BCUT2D eigenvalue weighted by atomic mass is 16.5. The van der Waals surface area contributed by atoms with Gasteiger partial charge in [0.25, 0.3) is 0 Å². The molecule has 0 spiro atoms. The van der Waals surface area contributed by atoms with Gasteiger partial charge in [-0.3, -0.25) is 4.90 Å². The predicted octanol–water partition coefficient (Wildman–Crippen LogP) is 2.33. The lowest BCUT2D eigenvalue weighted by Gasteiger charge is -2.19. The average Bonchev–Trinajstić information content (AvgIpc) is 2.97. The fourth-order valence-electron chi connectivity index (χ4n) is 3.29. The van der Waals surface area contributed by atoms with E-state index in [2.05, 4.69) is 44.9 Å². The van der Waals surface area contributed by atoms with E-state index in [-0.39, 0.29) is 0 Å². The Morgan fingerprint density at radius 1 is 1.00 bits per heavy atom. The Morgan fingerprint density at radius 2 is 1.88 bits per heavy atom. The molecule has 6 nitrogen and oxygen atoms in total. The Balaban J connectivity index is 1.37. The lowest BCUT2D eigenvalue weighted by Crippen LogP contribution is -2.26. The summed E-state index contributed by atoms with van der Waals surface area (Å²) in [6, 6.07) is 14.4. The Morgan fingerprint density at radius 3 is 2.65 bits per heavy atom. The second-order valence-electron chi connectivity index (χ2n) is 6.56. The highest BCUT2D eigenvalue weighted by Crippen LogP contribution is 2.14. The predicted molar refractivity (Wildman–Crippen MR) is 99.0 cm³/mol. The Hall–Kier alpha value is -2.73. The molecule has 0 aliphatic carbocycles. The van der Waals surface area contributed by atoms with E-state index in [9.17, 15) is 0 Å². The number of rotatable bonds is 5. The number of hydrogen-bond acceptors (Lipinski definition) is 5. The summed E-state index contributed by atoms with van der Waals surface area (Å²) in [5.41, 5.74) is 2.45. The van der Waals surface area contributed by atoms with Gasteiger partial charge in [-0.15, -0.1) is 0 Å². The van der Waals surface area contributed by atoms with Crippen LogP contribution in [0.25, 0.3) is 0 Å². The number of methoxy groups -OCH3 is 1. The molecule has 1 aliphatic rings. The topological polar surface area (TPSA) is 56.1 Å². The van der Waals surface area contributed by atoms with Crippen molar-refractivity contribution >= 4 is 0 Å². The van der Waals surface area contributed by atoms with Crippen molar-refractivity contribution in [2.45, 2.75) is 25.9 Å². The minimum Gasteiger partial charge on any atom is -0.481 e. The molecule has 4 rings (SSSR count). The molecule has 0 N–H and O–H groups in total. The summed E-state index contributed by atoms with van der Waals surface area (Å²) in [6.45, 7) is 3.71. The van der Waals surface area contributed by atoms with E-state index >= 15 is 0 Å². The molecule has 3 aromatic rings. The van der Waals surface area contributed by atoms with Gasteiger partial charge in [-0.2, -0.15) is 5.10 Å². The molecule has 0 saturated heterocycles. The van der Waals surface area contributed by atoms with Crippen LogP contribution in [0, 0.1) is 0 Å². The first-order valence-corrected chi connectivity index (χ1v) is 8.98. The molecule has 0 fully saturated rings. The lowest BCUT2D eigenvalue weighted by atomic mass is 10.1. The van der Waals surface area contributed by atoms with Gasteiger partial charge in [-0.25, -0.2) is 14.6 Å². The van der Waals surface area contributed by atoms with Crippen molar-refractivity contribution in [3.8, 4) is 5.88 Å². The summed E-state index contributed by atoms with van der Waals surface area (Å²) in [5, 5.41) is 4.72. The molecule has 6 heteroatoms. The summed E-state index contributed by atoms with van der Waals surface area (Å²) >= 11 is 0. The highest BCUT2D eigenvalue weighted by Gasteiger charge is 2.17. The van der Waals surface area contributed by atoms with Crippen LogP contribution in [-0.4, -0.2) is 44.8 Å². The monoisotopic (exact) mass is 349 g/mol. The summed E-state index contributed by atoms with van der Waals surface area (Å²) < 4.78 is 7.19. The molecule has 1 aliphatic heterocycles. The van der Waals surface area contributed by atoms with Crippen LogP contribution in [0.3, 0.4) is 0 Å². The van der Waals surface area contributed by atoms with E-state index in [1.54, 1.807) is 7.11 Å². The first kappa shape index (κ1) is 16.7. The third-order valence-corrected chi connectivity index (χ3v) is 4.69. The number of pyridine rings is 1. The van der Waals surface area contributed by atoms with Gasteiger partial charge in [0.1, 0.15) is 5.82 Å². The molecule has 0 amide bonds. The standard InChI is InChI=1S/C20H23N5O/c1-26-20-8-7-17(14-21-20)15-24-10-9-19-22-18(23-25(19)12-11-24)13-16-5-3-2-4-6-16/h2-8,14H,9-13,15H2,1H3. The van der Waals surface area contributed by atoms with Crippen LogP contribution in [0.4, 0.5) is 0 Å². The van der Waals surface area contributed by atoms with Gasteiger partial charge in [-0.1, -0.05) is 36.4 Å². The molecule has 134 valence electrons. The first-order valence-electron chi connectivity index (χ1n) is 8.98. The quantitative estimate of drug-likeness (QED) is 0.708. The molecule has 1 aromatic carbocycles. The van der Waals surface area contributed by atoms with Crippen molar-refractivity contribution < 1.29 is 4.74 Å². The summed E-state index contributed by atoms with van der Waals surface area (Å²) in [7, 11) is 1.64. The minimum absolute atomic E-state index is 0.653. The number of hydrogen-bond donors (Lipinski definition) is 0. The third kappa shape index (κ3) is 3.91. The Bertz CT molecular complexity index is 819. The van der Waals surface area contributed by atoms with Crippen LogP contribution in [0.2, 0.25) is 0 Å². The maximum Gasteiger partial charge on any atom is 0.212 e. The average molecular weight is 349 g/mol. The van der Waals surface area contributed by atoms with Gasteiger partial charge in [0.2, 0.25) is 5.88 Å². The van der Waals surface area contributed by atoms with Gasteiger partial charge < -0.3 is 4.74 Å². The lowest BCUT2D eigenvalue weighted by molar-refractivity contribution is 0.268. The molecular weight excluding hydrogens is 326 g/mol. The fourth-order valence-corrected chi connectivity index (χ4v) is 3.29. The molecule has 0 radical (unpaired) electrons. The smallest absolute Gasteiger partial charge is 0.212 e. The summed E-state index contributed by atoms with van der Waals surface area (Å²) in [5.74, 6) is 2.66. The van der Waals surface area contributed by atoms with Crippen LogP contribution in [-0.2, 0) is 25.9 Å². The zero-order valence-electron chi connectivity index (χ0n) is 15.0. The van der Waals surface area contributed by atoms with Crippen LogP contribution in [0.1, 0.15) is 22.8 Å². The second kappa shape index (κ2) is 7.66. The highest BCUT2D eigenvalue weighted by molar-refractivity contribution is 5.19. The zero-order chi connectivity index (χ0) is 17.8. The molecular formula is C20H23N5O. The molecule has 0 unspecified atom stereocenters. The Kier molecular flexibility index (Phi) is 4.93. The van der Waals surface area contributed by atoms with Crippen molar-refractivity contribution in [3.05, 3.63) is 71.4 Å². The molecule has 0 bridgehead atoms. The number of aromatic nitrogens is 4. The number of benzene rings is 1. The second-order valence-corrected chi connectivity index (χ2v) is 6.56. The molecule has 0 atom stereocenters. The zero-order valence-corrected chi connectivity index (χ0v) is 15.0. The van der Waals surface area contributed by atoms with Crippen LogP contribution in [0.15, 0.2) is 48.7 Å². The van der Waals surface area contributed by atoms with Crippen molar-refractivity contribution in [2.24, 2.45) is 0 Å². The van der Waals surface area contributed by atoms with Gasteiger partial charge in [0.05, 0.1) is 13.7 Å². The number of nitrogens with zero attached hydrogens (tertiary/aromatic N) is 5. The molecule has 2 aromatic heterocycles. The summed E-state index contributed by atoms with van der Waals surface area (Å²) in [6.07, 6.45) is 3.60. The van der Waals surface area contributed by atoms with E-state index in [0.717, 1.165) is 50.7 Å². The number of ether oxygens (including phenoxy) is 1. The van der Waals surface area contributed by atoms with Gasteiger partial charge in [0, 0.05) is 44.7 Å². The normalized spacial score (nSPS) is 14.7. The largest absolute Gasteiger partial charge is 0.481 e. The van der Waals surface area contributed by atoms with Gasteiger partial charge >= 0.3 is 0 Å². The summed E-state index contributed by atoms with van der Waals surface area (Å²) in [4.78, 5) is 11.5. The number of fused-ring (bicyclic) bond motifs is 1. The van der Waals surface area contributed by atoms with E-state index < -0.39 is 0 Å². The maximum atomic E-state index is 5.12. The Labute approximate surface area is 153 Å². The van der Waals surface area contributed by atoms with E-state index in [1.807, 2.05) is 18.3 Å². The van der Waals surface area contributed by atoms with Crippen LogP contribution < -0.4 is 4.74 Å². The van der Waals surface area contributed by atoms with Crippen molar-refractivity contribution in [1.29, 1.82) is 0 Å². The minimum atomic E-state index is 0.653. The molecule has 0 saturated carbocycles. The van der Waals surface area contributed by atoms with Gasteiger partial charge in [0.15, 0.2) is 5.82 Å². The maximum absolute atomic E-state index is 5.12. The third-order valence-electron chi connectivity index (χ3n) is 4.69. The van der Waals surface area contributed by atoms with Crippen molar-refractivity contribution in [2.75, 3.05) is 20.2 Å². The van der Waals surface area contributed by atoms with Crippen LogP contribution >= 0.6 is 0 Å². The van der Waals surface area contributed by atoms with Crippen LogP contribution in [0.5, 0.6) is 5.88 Å². The SMILES string of the molecule is COc1ccc(CN2CCc3nc(Cc4ccccc4)nn3CC2)cn1. The van der Waals surface area contributed by atoms with Crippen molar-refractivity contribution in [3.63, 3.8) is 0 Å². The first-order chi connectivity index (χ1) is 12.8. The van der Waals surface area contributed by atoms with Gasteiger partial charge in [-0.05, 0) is 11.1 Å². The molecule has 26 heavy (non-hydrogen) atoms. The van der Waals surface area contributed by atoms with E-state index in [1.165, 1.54) is 11.1 Å². The van der Waals surface area contributed by atoms with Crippen molar-refractivity contribution in [1.82, 2.24) is 24.6 Å². The van der Waals surface area contributed by atoms with E-state index in [4.69, 9.17) is 14.8 Å². The molecule has 3 heterocycles.